The standard InChI is InChI=1S/C86H102N12O26S2/c1-45-30-60-81(112)95-58-35-64(53(41-99)33-56(58)79(110)93(60)39-45)121-25-9-8-10-26-122-66-36-59-57(34-65(66)118-7)80(111)94-40-46(2)31-61(94)82(113)96(59)86(117)124-42-51-13-17-54(18-14-51)91-75(106)47(3)32-63(101)48(4)88-69(102)22-28-120-29-23-87-78(109)74-73(97-71(104)37-67(83(97)114)125-44-126-68-38-72(105)98(74)84(68)115)62(100)12-11-24-119-27-21-70(103)89-49(5)76(107)90-50(6)77(108)92-55-19-15-52(16-20-55)43-123-85(95)116/h13-20,33-36,47-50,60-61,67-68,73-74,81-82,99,112-113H,1-2,8-12,21-32,37-44H2,3-7H3,(H,87,109)(H,88,102)(H,89,103)(H,90,107)(H,91,106)(H,92,108). The summed E-state index contributed by atoms with van der Waals surface area (Å²) in [5, 5.41) is 48.7. The van der Waals surface area contributed by atoms with Gasteiger partial charge in [0.1, 0.15) is 43.1 Å². The van der Waals surface area contributed by atoms with Gasteiger partial charge in [-0.3, -0.25) is 76.9 Å². The quantitative estimate of drug-likeness (QED) is 0.101. The molecule has 40 heteroatoms. The molecule has 4 aromatic rings. The minimum atomic E-state index is -2.01. The van der Waals surface area contributed by atoms with Crippen LogP contribution in [-0.2, 0) is 96.3 Å². The van der Waals surface area contributed by atoms with E-state index in [-0.39, 0.29) is 180 Å². The maximum atomic E-state index is 14.6. The molecule has 12 atom stereocenters. The number of anilines is 4. The van der Waals surface area contributed by atoms with Gasteiger partial charge < -0.3 is 90.2 Å². The Labute approximate surface area is 733 Å². The molecule has 12 bridgehead atoms. The fourth-order valence-electron chi connectivity index (χ4n) is 15.8. The Balaban J connectivity index is 0.724. The normalized spacial score (nSPS) is 26.9. The number of ether oxygens (including phenoxy) is 7. The Morgan fingerprint density at radius 3 is 1.52 bits per heavy atom. The molecule has 10 aliphatic rings. The third-order valence-corrected chi connectivity index (χ3v) is 25.2. The number of imide groups is 2. The molecule has 14 rings (SSSR count). The monoisotopic (exact) mass is 1780 g/mol. The van der Waals surface area contributed by atoms with E-state index in [1.165, 1.54) is 81.0 Å². The highest BCUT2D eigenvalue weighted by Crippen LogP contribution is 2.45. The minimum Gasteiger partial charge on any atom is -0.493 e. The van der Waals surface area contributed by atoms with Crippen molar-refractivity contribution in [2.24, 2.45) is 5.92 Å². The zero-order valence-electron chi connectivity index (χ0n) is 70.2. The zero-order valence-corrected chi connectivity index (χ0v) is 71.8. The van der Waals surface area contributed by atoms with E-state index in [0.717, 1.165) is 33.3 Å². The number of amides is 14. The zero-order chi connectivity index (χ0) is 90.5. The second-order valence-corrected chi connectivity index (χ2v) is 34.5. The first kappa shape index (κ1) is 93.3. The van der Waals surface area contributed by atoms with E-state index in [4.69, 9.17) is 33.2 Å². The molecule has 126 heavy (non-hydrogen) atoms. The maximum absolute atomic E-state index is 14.6. The maximum Gasteiger partial charge on any atom is 0.416 e. The summed E-state index contributed by atoms with van der Waals surface area (Å²) in [6, 6.07) is 8.80. The SMILES string of the molecule is C=C1CC2C(O)N3C(=O)OCc4ccc(cc4)NC(=O)C(C)NC(=O)C(C)NC(=O)CCOCCCC(=O)C4C(C(=O)NCCOCCC(=O)NC(C)C(=O)CC(C)C(=O)Nc5ccc(cc5)COC(=O)N5c6cc(c(OC)cc6C(=O)N6CC(=C)CC6C5O)OCCCCCOc5cc3c(cc5CO)C(=O)N2C1)N1C(=O)CC(SCSC2CC(=O)N4C2=O)C1=O. The van der Waals surface area contributed by atoms with Gasteiger partial charge in [-0.1, -0.05) is 55.5 Å². The topological polar surface area (TPSA) is 490 Å². The molecule has 5 fully saturated rings. The number of carbonyl (C=O) groups excluding carboxylic acids is 16. The number of hydrogen-bond acceptors (Lipinski definition) is 28. The predicted molar refractivity (Wildman–Crippen MR) is 453 cm³/mol. The van der Waals surface area contributed by atoms with Gasteiger partial charge in [-0.05, 0) is 107 Å². The number of Topliss-reactive ketones (excluding diaryl/α,β-unsaturated/α-hetero) is 2. The highest BCUT2D eigenvalue weighted by molar-refractivity contribution is 8.17. The number of aliphatic hydroxyl groups is 3. The first-order valence-electron chi connectivity index (χ1n) is 41.4. The average Bonchev–Trinajstić information content (AvgIpc) is 1.60. The molecule has 14 amide bonds. The van der Waals surface area contributed by atoms with Crippen LogP contribution in [0.2, 0.25) is 0 Å². The summed E-state index contributed by atoms with van der Waals surface area (Å²) in [5.41, 5.74) is 2.81. The van der Waals surface area contributed by atoms with E-state index in [9.17, 15) is 92.0 Å². The lowest BCUT2D eigenvalue weighted by atomic mass is 9.96. The lowest BCUT2D eigenvalue weighted by molar-refractivity contribution is -0.157. The molecular formula is C86H102N12O26S2. The summed E-state index contributed by atoms with van der Waals surface area (Å²) in [4.78, 5) is 228. The van der Waals surface area contributed by atoms with Crippen LogP contribution in [0.5, 0.6) is 17.2 Å². The first-order valence-corrected chi connectivity index (χ1v) is 43.5. The fraction of sp³-hybridized carbons (Fsp3) is 0.488. The molecule has 38 nitrogen and oxygen atoms in total. The van der Waals surface area contributed by atoms with Gasteiger partial charge in [-0.25, -0.2) is 19.4 Å². The van der Waals surface area contributed by atoms with E-state index in [1.807, 2.05) is 0 Å². The van der Waals surface area contributed by atoms with Crippen molar-refractivity contribution in [3.05, 3.63) is 125 Å². The molecule has 0 aromatic heterocycles. The molecule has 12 unspecified atom stereocenters. The molecule has 0 saturated carbocycles. The predicted octanol–water partition coefficient (Wildman–Crippen LogP) is 4.02. The molecular weight excluding hydrogens is 1680 g/mol. The number of rotatable bonds is 2. The number of hydrogen-bond donors (Lipinski definition) is 9. The van der Waals surface area contributed by atoms with E-state index in [0.29, 0.717) is 57.0 Å². The van der Waals surface area contributed by atoms with E-state index < -0.39 is 179 Å². The Kier molecular flexibility index (Phi) is 31.1. The largest absolute Gasteiger partial charge is 0.493 e. The van der Waals surface area contributed by atoms with Crippen LogP contribution in [0.1, 0.15) is 142 Å². The average molecular weight is 1780 g/mol. The van der Waals surface area contributed by atoms with Crippen molar-refractivity contribution in [2.45, 2.75) is 190 Å². The lowest BCUT2D eigenvalue weighted by Gasteiger charge is -2.36. The molecule has 0 spiro atoms. The van der Waals surface area contributed by atoms with Crippen molar-refractivity contribution in [1.29, 1.82) is 0 Å². The number of nitrogens with one attached hydrogen (secondary N) is 6. The number of benzene rings is 4. The number of nitrogens with zero attached hydrogens (tertiary/aromatic N) is 6. The van der Waals surface area contributed by atoms with Gasteiger partial charge >= 0.3 is 12.2 Å². The van der Waals surface area contributed by atoms with Gasteiger partial charge in [0, 0.05) is 105 Å². The molecule has 674 valence electrons. The van der Waals surface area contributed by atoms with Crippen molar-refractivity contribution in [1.82, 2.24) is 40.9 Å². The highest BCUT2D eigenvalue weighted by atomic mass is 32.2. The van der Waals surface area contributed by atoms with Crippen molar-refractivity contribution in [2.75, 3.05) is 91.9 Å². The van der Waals surface area contributed by atoms with Gasteiger partial charge in [0.05, 0.1) is 97.9 Å². The third kappa shape index (κ3) is 21.8. The summed E-state index contributed by atoms with van der Waals surface area (Å²) < 4.78 is 41.1. The smallest absolute Gasteiger partial charge is 0.416 e. The Hall–Kier alpha value is -11.8. The number of carbonyl (C=O) groups is 16. The Morgan fingerprint density at radius 1 is 0.484 bits per heavy atom. The minimum absolute atomic E-state index is 0.00317. The number of ketones is 2. The van der Waals surface area contributed by atoms with Crippen molar-refractivity contribution < 1.29 is 125 Å². The van der Waals surface area contributed by atoms with Crippen LogP contribution in [0.15, 0.2) is 97.1 Å². The Bertz CT molecular complexity index is 4640. The summed E-state index contributed by atoms with van der Waals surface area (Å²) >= 11 is 2.13. The van der Waals surface area contributed by atoms with Crippen molar-refractivity contribution in [3.63, 3.8) is 0 Å². The molecule has 9 N–H and O–H groups in total. The molecule has 10 aliphatic heterocycles. The van der Waals surface area contributed by atoms with E-state index >= 15 is 0 Å². The summed E-state index contributed by atoms with van der Waals surface area (Å²) in [6.45, 7) is 11.7. The molecule has 0 aliphatic carbocycles. The van der Waals surface area contributed by atoms with Crippen molar-refractivity contribution >= 4 is 141 Å². The summed E-state index contributed by atoms with van der Waals surface area (Å²) in [5.74, 6) is -10.4. The number of fused-ring (bicyclic) bond motifs is 8. The van der Waals surface area contributed by atoms with Gasteiger partial charge in [0.2, 0.25) is 59.1 Å². The fourth-order valence-corrected chi connectivity index (χ4v) is 18.4. The van der Waals surface area contributed by atoms with Crippen LogP contribution in [-0.4, -0.2) is 266 Å². The number of aliphatic hydroxyl groups excluding tert-OH is 3. The second-order valence-electron chi connectivity index (χ2n) is 31.8. The van der Waals surface area contributed by atoms with Gasteiger partial charge in [0.15, 0.2) is 35.5 Å². The van der Waals surface area contributed by atoms with Crippen LogP contribution in [0.3, 0.4) is 0 Å². The number of methoxy groups -OCH3 is 1. The second kappa shape index (κ2) is 42.0. The lowest BCUT2D eigenvalue weighted by Crippen LogP contribution is -2.64. The Morgan fingerprint density at radius 2 is 0.976 bits per heavy atom. The molecule has 10 heterocycles. The molecule has 4 aromatic carbocycles. The van der Waals surface area contributed by atoms with Gasteiger partial charge in [-0.15, -0.1) is 23.5 Å². The molecule has 5 saturated heterocycles. The number of thioether (sulfide) groups is 2. The van der Waals surface area contributed by atoms with Gasteiger partial charge in [0.25, 0.3) is 11.8 Å². The summed E-state index contributed by atoms with van der Waals surface area (Å²) in [7, 11) is 1.37. The van der Waals surface area contributed by atoms with Crippen LogP contribution in [0.4, 0.5) is 32.3 Å². The first-order chi connectivity index (χ1) is 60.3. The van der Waals surface area contributed by atoms with Crippen LogP contribution in [0.25, 0.3) is 0 Å². The van der Waals surface area contributed by atoms with Crippen LogP contribution >= 0.6 is 23.5 Å². The van der Waals surface area contributed by atoms with E-state index in [2.05, 4.69) is 45.1 Å². The van der Waals surface area contributed by atoms with Crippen molar-refractivity contribution in [3.8, 4) is 17.2 Å². The molecule has 0 radical (unpaired) electrons. The van der Waals surface area contributed by atoms with E-state index in [1.54, 1.807) is 36.4 Å². The third-order valence-electron chi connectivity index (χ3n) is 22.6. The highest BCUT2D eigenvalue weighted by Gasteiger charge is 2.57. The van der Waals surface area contributed by atoms with Gasteiger partial charge in [-0.2, -0.15) is 0 Å². The van der Waals surface area contributed by atoms with Crippen LogP contribution < -0.4 is 55.9 Å². The van der Waals surface area contributed by atoms with Crippen LogP contribution in [0, 0.1) is 5.92 Å². The summed E-state index contributed by atoms with van der Waals surface area (Å²) in [6.07, 6.45) is -5.76.